The second kappa shape index (κ2) is 2.82. The van der Waals surface area contributed by atoms with Crippen LogP contribution in [0, 0.1) is 0 Å². The summed E-state index contributed by atoms with van der Waals surface area (Å²) >= 11 is 0. The highest BCUT2D eigenvalue weighted by atomic mass is 19.4. The molecule has 0 fully saturated rings. The molecule has 0 radical (unpaired) electrons. The van der Waals surface area contributed by atoms with Crippen LogP contribution in [0.1, 0.15) is 0 Å². The fraction of sp³-hybridized carbons (Fsp3) is 0.667. The van der Waals surface area contributed by atoms with Crippen molar-refractivity contribution in [3.8, 4) is 0 Å². The van der Waals surface area contributed by atoms with Gasteiger partial charge in [-0.05, 0) is 0 Å². The van der Waals surface area contributed by atoms with Crippen molar-refractivity contribution >= 4 is 0 Å². The Bertz CT molecular complexity index is 280. The van der Waals surface area contributed by atoms with Crippen molar-refractivity contribution in [1.29, 1.82) is 0 Å². The lowest BCUT2D eigenvalue weighted by Crippen LogP contribution is -2.28. The molecular weight excluding hydrogens is 243 g/mol. The molecule has 0 N–H and O–H groups in total. The average Bonchev–Trinajstić information content (AvgIpc) is 2.55. The van der Waals surface area contributed by atoms with Crippen LogP contribution in [0.25, 0.3) is 0 Å². The Morgan fingerprint density at radius 2 is 1.07 bits per heavy atom. The molecule has 1 rings (SSSR count). The van der Waals surface area contributed by atoms with Gasteiger partial charge in [0.2, 0.25) is 5.67 Å². The number of halogens is 9. The van der Waals surface area contributed by atoms with Crippen molar-refractivity contribution in [2.45, 2.75) is 24.4 Å². The van der Waals surface area contributed by atoms with Crippen molar-refractivity contribution in [2.24, 2.45) is 0 Å². The van der Waals surface area contributed by atoms with E-state index in [4.69, 9.17) is 0 Å². The smallest absolute Gasteiger partial charge is 0.227 e. The van der Waals surface area contributed by atoms with Crippen LogP contribution in [0.3, 0.4) is 0 Å². The molecular formula is C6HF9. The van der Waals surface area contributed by atoms with Crippen LogP contribution in [0.15, 0.2) is 11.1 Å². The Kier molecular flexibility index (Phi) is 2.29. The van der Waals surface area contributed by atoms with Gasteiger partial charge < -0.3 is 0 Å². The first-order valence-corrected chi connectivity index (χ1v) is 3.30. The molecule has 0 aromatic rings. The third-order valence-electron chi connectivity index (χ3n) is 1.78. The van der Waals surface area contributed by atoms with E-state index < -0.39 is 35.6 Å². The van der Waals surface area contributed by atoms with Crippen LogP contribution < -0.4 is 0 Å². The van der Waals surface area contributed by atoms with E-state index in [-0.39, 0.29) is 0 Å². The fourth-order valence-electron chi connectivity index (χ4n) is 1.19. The number of rotatable bonds is 1. The molecule has 0 bridgehead atoms. The van der Waals surface area contributed by atoms with Crippen molar-refractivity contribution in [3.63, 3.8) is 0 Å². The molecule has 0 nitrogen and oxygen atoms in total. The molecule has 88 valence electrons. The zero-order valence-electron chi connectivity index (χ0n) is 6.48. The minimum Gasteiger partial charge on any atom is -0.227 e. The summed E-state index contributed by atoms with van der Waals surface area (Å²) in [7, 11) is 0. The first kappa shape index (κ1) is 12.2. The quantitative estimate of drug-likeness (QED) is 0.490. The lowest BCUT2D eigenvalue weighted by Gasteiger charge is -2.11. The highest BCUT2D eigenvalue weighted by Crippen LogP contribution is 2.63. The Morgan fingerprint density at radius 1 is 0.800 bits per heavy atom. The molecule has 0 saturated heterocycles. The van der Waals surface area contributed by atoms with Gasteiger partial charge in [-0.1, -0.05) is 0 Å². The number of allylic oxidation sites excluding steroid dienone is 2. The lowest BCUT2D eigenvalue weighted by atomic mass is 10.2. The van der Waals surface area contributed by atoms with Gasteiger partial charge in [0.05, 0.1) is 11.1 Å². The largest absolute Gasteiger partial charge is 0.416 e. The van der Waals surface area contributed by atoms with E-state index >= 15 is 0 Å². The first-order valence-electron chi connectivity index (χ1n) is 3.30. The summed E-state index contributed by atoms with van der Waals surface area (Å²) in [6.45, 7) is 0. The predicted molar refractivity (Wildman–Crippen MR) is 29.0 cm³/mol. The Balaban J connectivity index is 3.15. The number of alkyl halides is 9. The first-order chi connectivity index (χ1) is 6.43. The maximum absolute atomic E-state index is 12.7. The average molecular weight is 244 g/mol. The van der Waals surface area contributed by atoms with Gasteiger partial charge in [0.1, 0.15) is 0 Å². The molecule has 0 aromatic heterocycles. The predicted octanol–water partition coefficient (Wildman–Crippen LogP) is 3.39. The van der Waals surface area contributed by atoms with Gasteiger partial charge in [0, 0.05) is 0 Å². The Hall–Kier alpha value is -0.890. The van der Waals surface area contributed by atoms with E-state index in [1.807, 2.05) is 0 Å². The zero-order chi connectivity index (χ0) is 12.2. The second-order valence-electron chi connectivity index (χ2n) is 2.76. The summed E-state index contributed by atoms with van der Waals surface area (Å²) in [6, 6.07) is 0. The third-order valence-corrected chi connectivity index (χ3v) is 1.78. The minimum absolute atomic E-state index is 2.84. The van der Waals surface area contributed by atoms with Crippen LogP contribution in [-0.4, -0.2) is 24.4 Å². The highest BCUT2D eigenvalue weighted by molar-refractivity contribution is 5.59. The van der Waals surface area contributed by atoms with Gasteiger partial charge in [-0.25, -0.2) is 13.2 Å². The molecule has 0 aromatic carbocycles. The molecule has 0 saturated carbocycles. The highest BCUT2D eigenvalue weighted by Gasteiger charge is 2.77. The molecule has 1 aliphatic rings. The summed E-state index contributed by atoms with van der Waals surface area (Å²) in [5.41, 5.74) is -10.4. The molecule has 15 heavy (non-hydrogen) atoms. The molecule has 0 spiro atoms. The number of hydrogen-bond donors (Lipinski definition) is 0. The van der Waals surface area contributed by atoms with Crippen LogP contribution in [0.2, 0.25) is 0 Å². The van der Waals surface area contributed by atoms with Gasteiger partial charge in [-0.3, -0.25) is 0 Å². The van der Waals surface area contributed by atoms with Gasteiger partial charge >= 0.3 is 12.4 Å². The van der Waals surface area contributed by atoms with Crippen LogP contribution in [-0.2, 0) is 0 Å². The van der Waals surface area contributed by atoms with Gasteiger partial charge in [0.15, 0.2) is 0 Å². The minimum atomic E-state index is -5.74. The Labute approximate surface area is 76.4 Å². The van der Waals surface area contributed by atoms with Gasteiger partial charge in [-0.2, -0.15) is 26.3 Å². The van der Waals surface area contributed by atoms with Crippen molar-refractivity contribution in [1.82, 2.24) is 0 Å². The van der Waals surface area contributed by atoms with Crippen LogP contribution in [0.5, 0.6) is 0 Å². The lowest BCUT2D eigenvalue weighted by molar-refractivity contribution is -0.108. The van der Waals surface area contributed by atoms with Gasteiger partial charge in [-0.15, -0.1) is 0 Å². The maximum atomic E-state index is 12.7. The summed E-state index contributed by atoms with van der Waals surface area (Å²) in [5, 5.41) is 0. The summed E-state index contributed by atoms with van der Waals surface area (Å²) in [5.74, 6) is 0. The molecule has 9 heteroatoms. The SMILES string of the molecule is FC(F)C1(F)C(C(F)(F)F)=C1C(F)(F)F. The summed E-state index contributed by atoms with van der Waals surface area (Å²) in [6.07, 6.45) is -15.9. The van der Waals surface area contributed by atoms with E-state index in [1.165, 1.54) is 0 Å². The number of hydrogen-bond acceptors (Lipinski definition) is 0. The van der Waals surface area contributed by atoms with Gasteiger partial charge in [0.25, 0.3) is 6.43 Å². The maximum Gasteiger partial charge on any atom is 0.416 e. The van der Waals surface area contributed by atoms with E-state index in [1.54, 1.807) is 0 Å². The fourth-order valence-corrected chi connectivity index (χ4v) is 1.19. The van der Waals surface area contributed by atoms with Crippen molar-refractivity contribution < 1.29 is 39.5 Å². The third kappa shape index (κ3) is 1.67. The van der Waals surface area contributed by atoms with E-state index in [0.717, 1.165) is 0 Å². The standard InChI is InChI=1S/C6HF9/c7-3(8)4(9)1(5(10,11)12)2(4)6(13,14)15/h3H. The van der Waals surface area contributed by atoms with Crippen LogP contribution >= 0.6 is 0 Å². The topological polar surface area (TPSA) is 0 Å². The summed E-state index contributed by atoms with van der Waals surface area (Å²) < 4.78 is 107. The molecule has 0 amide bonds. The van der Waals surface area contributed by atoms with E-state index in [9.17, 15) is 39.5 Å². The molecule has 1 aliphatic carbocycles. The van der Waals surface area contributed by atoms with Crippen molar-refractivity contribution in [2.75, 3.05) is 0 Å². The van der Waals surface area contributed by atoms with Crippen LogP contribution in [0.4, 0.5) is 39.5 Å². The normalized spacial score (nSPS) is 21.2. The molecule has 0 aliphatic heterocycles. The second-order valence-corrected chi connectivity index (χ2v) is 2.76. The molecule has 0 unspecified atom stereocenters. The monoisotopic (exact) mass is 244 g/mol. The Morgan fingerprint density at radius 3 is 1.13 bits per heavy atom. The summed E-state index contributed by atoms with van der Waals surface area (Å²) in [4.78, 5) is 0. The van der Waals surface area contributed by atoms with E-state index in [2.05, 4.69) is 0 Å². The van der Waals surface area contributed by atoms with E-state index in [0.29, 0.717) is 0 Å². The molecule has 0 heterocycles. The zero-order valence-corrected chi connectivity index (χ0v) is 6.48. The molecule has 0 atom stereocenters. The van der Waals surface area contributed by atoms with Crippen molar-refractivity contribution in [3.05, 3.63) is 11.1 Å².